The van der Waals surface area contributed by atoms with Crippen LogP contribution in [0.5, 0.6) is 0 Å². The van der Waals surface area contributed by atoms with Crippen molar-refractivity contribution in [3.63, 3.8) is 0 Å². The van der Waals surface area contributed by atoms with Crippen LogP contribution in [0.15, 0.2) is 30.7 Å². The Morgan fingerprint density at radius 3 is 2.30 bits per heavy atom. The van der Waals surface area contributed by atoms with E-state index in [4.69, 9.17) is 5.11 Å². The number of ether oxygens (including phenoxy) is 1. The van der Waals surface area contributed by atoms with E-state index in [1.807, 2.05) is 0 Å². The predicted molar refractivity (Wildman–Crippen MR) is 67.1 cm³/mol. The van der Waals surface area contributed by atoms with Crippen molar-refractivity contribution in [3.8, 4) is 0 Å². The van der Waals surface area contributed by atoms with Crippen molar-refractivity contribution in [3.05, 3.63) is 47.5 Å². The van der Waals surface area contributed by atoms with Crippen LogP contribution in [0.2, 0.25) is 0 Å². The lowest BCUT2D eigenvalue weighted by Crippen LogP contribution is -2.01. The molecule has 0 saturated heterocycles. The number of rotatable bonds is 2. The van der Waals surface area contributed by atoms with Gasteiger partial charge in [-0.05, 0) is 19.1 Å². The summed E-state index contributed by atoms with van der Waals surface area (Å²) in [5.41, 5.74) is 1.06. The number of hydrogen-bond donors (Lipinski definition) is 1. The van der Waals surface area contributed by atoms with Crippen molar-refractivity contribution >= 4 is 11.9 Å². The summed E-state index contributed by atoms with van der Waals surface area (Å²) < 4.78 is 4.43. The molecule has 2 aromatic rings. The van der Waals surface area contributed by atoms with Gasteiger partial charge in [0.1, 0.15) is 0 Å². The second-order valence-corrected chi connectivity index (χ2v) is 3.46. The van der Waals surface area contributed by atoms with Gasteiger partial charge >= 0.3 is 11.9 Å². The Balaban J connectivity index is 0.000000200. The Labute approximate surface area is 114 Å². The third kappa shape index (κ3) is 4.41. The normalized spacial score (nSPS) is 9.10. The fourth-order valence-corrected chi connectivity index (χ4v) is 1.16. The lowest BCUT2D eigenvalue weighted by atomic mass is 10.2. The smallest absolute Gasteiger partial charge is 0.339 e. The molecule has 0 bridgehead atoms. The molecule has 1 N–H and O–H groups in total. The molecule has 0 aliphatic rings. The largest absolute Gasteiger partial charge is 0.478 e. The first kappa shape index (κ1) is 15.2. The lowest BCUT2D eigenvalue weighted by molar-refractivity contribution is 0.0599. The average Bonchev–Trinajstić information content (AvgIpc) is 2.48. The average molecular weight is 276 g/mol. The minimum absolute atomic E-state index is 0.204. The molecular formula is C12H12N4O4. The SMILES string of the molecule is COC(=O)c1ccnnc1.Cc1nnccc1C(=O)O. The predicted octanol–water partition coefficient (Wildman–Crippen LogP) is 0.746. The lowest BCUT2D eigenvalue weighted by Gasteiger charge is -1.94. The van der Waals surface area contributed by atoms with Crippen LogP contribution >= 0.6 is 0 Å². The molecule has 2 heterocycles. The molecule has 0 fully saturated rings. The van der Waals surface area contributed by atoms with E-state index in [1.54, 1.807) is 13.0 Å². The zero-order valence-electron chi connectivity index (χ0n) is 10.8. The number of carbonyl (C=O) groups excluding carboxylic acids is 1. The molecular weight excluding hydrogens is 264 g/mol. The highest BCUT2D eigenvalue weighted by molar-refractivity contribution is 5.88. The van der Waals surface area contributed by atoms with E-state index < -0.39 is 11.9 Å². The summed E-state index contributed by atoms with van der Waals surface area (Å²) >= 11 is 0. The molecule has 0 saturated carbocycles. The minimum Gasteiger partial charge on any atom is -0.478 e. The van der Waals surface area contributed by atoms with Gasteiger partial charge in [-0.15, -0.1) is 0 Å². The molecule has 20 heavy (non-hydrogen) atoms. The Kier molecular flexibility index (Phi) is 5.70. The zero-order valence-corrected chi connectivity index (χ0v) is 10.8. The topological polar surface area (TPSA) is 115 Å². The van der Waals surface area contributed by atoms with Gasteiger partial charge in [-0.2, -0.15) is 20.4 Å². The maximum Gasteiger partial charge on any atom is 0.339 e. The summed E-state index contributed by atoms with van der Waals surface area (Å²) in [5, 5.41) is 22.6. The van der Waals surface area contributed by atoms with Crippen LogP contribution < -0.4 is 0 Å². The van der Waals surface area contributed by atoms with Crippen molar-refractivity contribution in [2.45, 2.75) is 6.92 Å². The van der Waals surface area contributed by atoms with Gasteiger partial charge < -0.3 is 9.84 Å². The molecule has 0 aromatic carbocycles. The van der Waals surface area contributed by atoms with E-state index in [0.717, 1.165) is 0 Å². The summed E-state index contributed by atoms with van der Waals surface area (Å²) in [6, 6.07) is 2.96. The van der Waals surface area contributed by atoms with Crippen LogP contribution in [0, 0.1) is 6.92 Å². The van der Waals surface area contributed by atoms with Gasteiger partial charge in [-0.3, -0.25) is 0 Å². The van der Waals surface area contributed by atoms with E-state index in [2.05, 4.69) is 25.1 Å². The molecule has 0 amide bonds. The van der Waals surface area contributed by atoms with E-state index in [9.17, 15) is 9.59 Å². The van der Waals surface area contributed by atoms with Gasteiger partial charge in [0.2, 0.25) is 0 Å². The van der Waals surface area contributed by atoms with Crippen molar-refractivity contribution in [2.24, 2.45) is 0 Å². The van der Waals surface area contributed by atoms with Crippen LogP contribution in [0.3, 0.4) is 0 Å². The zero-order chi connectivity index (χ0) is 15.0. The van der Waals surface area contributed by atoms with Gasteiger partial charge in [0.25, 0.3) is 0 Å². The number of nitrogens with zero attached hydrogens (tertiary/aromatic N) is 4. The molecule has 8 nitrogen and oxygen atoms in total. The number of carboxylic acids is 1. The number of esters is 1. The first-order valence-corrected chi connectivity index (χ1v) is 5.43. The van der Waals surface area contributed by atoms with Gasteiger partial charge in [0.05, 0.1) is 42.5 Å². The third-order valence-corrected chi connectivity index (χ3v) is 2.14. The molecule has 2 rings (SSSR count). The number of aromatic nitrogens is 4. The third-order valence-electron chi connectivity index (χ3n) is 2.14. The highest BCUT2D eigenvalue weighted by Crippen LogP contribution is 2.00. The van der Waals surface area contributed by atoms with E-state index >= 15 is 0 Å². The van der Waals surface area contributed by atoms with Crippen molar-refractivity contribution in [1.82, 2.24) is 20.4 Å². The molecule has 0 aliphatic heterocycles. The first-order valence-electron chi connectivity index (χ1n) is 5.43. The van der Waals surface area contributed by atoms with E-state index in [-0.39, 0.29) is 5.56 Å². The van der Waals surface area contributed by atoms with Crippen LogP contribution in [-0.2, 0) is 4.74 Å². The highest BCUT2D eigenvalue weighted by atomic mass is 16.5. The summed E-state index contributed by atoms with van der Waals surface area (Å²) in [5.74, 6) is -1.36. The molecule has 0 aliphatic carbocycles. The maximum atomic E-state index is 10.7. The van der Waals surface area contributed by atoms with Crippen LogP contribution in [0.25, 0.3) is 0 Å². The van der Waals surface area contributed by atoms with Crippen molar-refractivity contribution in [2.75, 3.05) is 7.11 Å². The van der Waals surface area contributed by atoms with Crippen LogP contribution in [0.1, 0.15) is 26.4 Å². The van der Waals surface area contributed by atoms with Crippen LogP contribution in [-0.4, -0.2) is 44.5 Å². The Morgan fingerprint density at radius 2 is 1.85 bits per heavy atom. The second-order valence-electron chi connectivity index (χ2n) is 3.46. The number of aryl methyl sites for hydroxylation is 1. The van der Waals surface area contributed by atoms with Gasteiger partial charge in [-0.1, -0.05) is 0 Å². The maximum absolute atomic E-state index is 10.7. The Bertz CT molecular complexity index is 589. The number of methoxy groups -OCH3 is 1. The quantitative estimate of drug-likeness (QED) is 0.799. The molecule has 0 unspecified atom stereocenters. The van der Waals surface area contributed by atoms with Gasteiger partial charge in [0.15, 0.2) is 0 Å². The fraction of sp³-hybridized carbons (Fsp3) is 0.167. The van der Waals surface area contributed by atoms with Gasteiger partial charge in [0, 0.05) is 0 Å². The summed E-state index contributed by atoms with van der Waals surface area (Å²) in [7, 11) is 1.32. The monoisotopic (exact) mass is 276 g/mol. The molecule has 2 aromatic heterocycles. The number of hydrogen-bond acceptors (Lipinski definition) is 7. The summed E-state index contributed by atoms with van der Waals surface area (Å²) in [6.45, 7) is 1.61. The molecule has 0 radical (unpaired) electrons. The number of carboxylic acid groups (broad SMARTS) is 1. The fourth-order valence-electron chi connectivity index (χ4n) is 1.16. The second kappa shape index (κ2) is 7.52. The molecule has 0 atom stereocenters. The van der Waals surface area contributed by atoms with Crippen molar-refractivity contribution in [1.29, 1.82) is 0 Å². The van der Waals surface area contributed by atoms with Gasteiger partial charge in [-0.25, -0.2) is 9.59 Å². The summed E-state index contributed by atoms with van der Waals surface area (Å²) in [4.78, 5) is 21.1. The van der Waals surface area contributed by atoms with E-state index in [1.165, 1.54) is 31.8 Å². The summed E-state index contributed by atoms with van der Waals surface area (Å²) in [6.07, 6.45) is 4.15. The number of carbonyl (C=O) groups is 2. The highest BCUT2D eigenvalue weighted by Gasteiger charge is 2.05. The molecule has 104 valence electrons. The standard InChI is InChI=1S/2C6H6N2O2/c1-10-6(9)5-2-3-7-8-4-5;1-4-5(6(9)10)2-3-7-8-4/h2-4H,1H3;2-3H,1H3,(H,9,10). The Hall–Kier alpha value is -2.90. The van der Waals surface area contributed by atoms with Crippen LogP contribution in [0.4, 0.5) is 0 Å². The molecule has 8 heteroatoms. The first-order chi connectivity index (χ1) is 9.56. The van der Waals surface area contributed by atoms with E-state index in [0.29, 0.717) is 11.3 Å². The molecule has 0 spiro atoms. The Morgan fingerprint density at radius 1 is 1.15 bits per heavy atom. The number of aromatic carboxylic acids is 1. The minimum atomic E-state index is -0.965. The van der Waals surface area contributed by atoms with Crippen molar-refractivity contribution < 1.29 is 19.4 Å².